The van der Waals surface area contributed by atoms with E-state index in [1.54, 1.807) is 0 Å². The van der Waals surface area contributed by atoms with Gasteiger partial charge in [-0.05, 0) is 56.6 Å². The summed E-state index contributed by atoms with van der Waals surface area (Å²) in [5.41, 5.74) is 1.82. The van der Waals surface area contributed by atoms with Crippen LogP contribution in [0.3, 0.4) is 0 Å². The summed E-state index contributed by atoms with van der Waals surface area (Å²) in [6, 6.07) is 5.70. The summed E-state index contributed by atoms with van der Waals surface area (Å²) < 4.78 is 1.04. The fraction of sp³-hybridized carbons (Fsp3) is 0.500. The molecule has 4 heteroatoms. The number of halogens is 1. The number of rotatable bonds is 3. The van der Waals surface area contributed by atoms with E-state index >= 15 is 0 Å². The molecule has 0 bridgehead atoms. The van der Waals surface area contributed by atoms with Gasteiger partial charge in [-0.1, -0.05) is 15.9 Å². The topological polar surface area (TPSA) is 32.3 Å². The molecule has 1 aliphatic heterocycles. The quantitative estimate of drug-likeness (QED) is 0.930. The lowest BCUT2D eigenvalue weighted by atomic mass is 10.1. The second-order valence-electron chi connectivity index (χ2n) is 5.09. The molecule has 1 unspecified atom stereocenters. The van der Waals surface area contributed by atoms with Gasteiger partial charge in [0, 0.05) is 23.1 Å². The van der Waals surface area contributed by atoms with Crippen molar-refractivity contribution in [2.75, 3.05) is 26.7 Å². The number of nitrogens with zero attached hydrogens (tertiary/aromatic N) is 1. The van der Waals surface area contributed by atoms with E-state index in [9.17, 15) is 4.79 Å². The summed E-state index contributed by atoms with van der Waals surface area (Å²) in [7, 11) is 2.12. The van der Waals surface area contributed by atoms with Crippen LogP contribution in [0.2, 0.25) is 0 Å². The lowest BCUT2D eigenvalue weighted by Crippen LogP contribution is -2.30. The second-order valence-corrected chi connectivity index (χ2v) is 5.95. The predicted molar refractivity (Wildman–Crippen MR) is 76.8 cm³/mol. The van der Waals surface area contributed by atoms with Crippen molar-refractivity contribution in [3.8, 4) is 0 Å². The van der Waals surface area contributed by atoms with Gasteiger partial charge in [0.15, 0.2) is 0 Å². The molecule has 0 spiro atoms. The Kier molecular flexibility index (Phi) is 4.40. The number of amides is 1. The zero-order valence-corrected chi connectivity index (χ0v) is 12.5. The van der Waals surface area contributed by atoms with Crippen LogP contribution in [0.15, 0.2) is 22.7 Å². The predicted octanol–water partition coefficient (Wildman–Crippen LogP) is 2.44. The van der Waals surface area contributed by atoms with Crippen LogP contribution >= 0.6 is 15.9 Å². The molecular weight excluding hydrogens is 292 g/mol. The van der Waals surface area contributed by atoms with Crippen LogP contribution in [0.5, 0.6) is 0 Å². The molecule has 0 saturated carbocycles. The number of likely N-dealkylation sites (tertiary alicyclic amines) is 1. The zero-order valence-electron chi connectivity index (χ0n) is 10.9. The standard InChI is InChI=1S/C14H19BrN2O/c1-10-7-12(3-4-13(10)15)14(18)16-8-11-5-6-17(2)9-11/h3-4,7,11H,5-6,8-9H2,1-2H3,(H,16,18). The summed E-state index contributed by atoms with van der Waals surface area (Å²) in [6.07, 6.45) is 1.18. The Balaban J connectivity index is 1.89. The van der Waals surface area contributed by atoms with Gasteiger partial charge in [0.1, 0.15) is 0 Å². The van der Waals surface area contributed by atoms with Crippen LogP contribution < -0.4 is 5.32 Å². The maximum Gasteiger partial charge on any atom is 0.251 e. The maximum absolute atomic E-state index is 12.0. The lowest BCUT2D eigenvalue weighted by Gasteiger charge is -2.12. The summed E-state index contributed by atoms with van der Waals surface area (Å²) in [6.45, 7) is 4.99. The lowest BCUT2D eigenvalue weighted by molar-refractivity contribution is 0.0947. The molecule has 1 atom stereocenters. The average molecular weight is 311 g/mol. The van der Waals surface area contributed by atoms with Gasteiger partial charge >= 0.3 is 0 Å². The largest absolute Gasteiger partial charge is 0.352 e. The number of nitrogens with one attached hydrogen (secondary N) is 1. The average Bonchev–Trinajstić information content (AvgIpc) is 2.75. The first-order chi connectivity index (χ1) is 8.56. The third-order valence-corrected chi connectivity index (χ3v) is 4.35. The molecule has 1 heterocycles. The van der Waals surface area contributed by atoms with Crippen molar-refractivity contribution in [1.29, 1.82) is 0 Å². The summed E-state index contributed by atoms with van der Waals surface area (Å²) in [5, 5.41) is 3.03. The highest BCUT2D eigenvalue weighted by Gasteiger charge is 2.20. The fourth-order valence-electron chi connectivity index (χ4n) is 2.32. The van der Waals surface area contributed by atoms with E-state index in [1.165, 1.54) is 6.42 Å². The molecule has 0 aliphatic carbocycles. The molecule has 1 aromatic rings. The van der Waals surface area contributed by atoms with E-state index in [1.807, 2.05) is 25.1 Å². The van der Waals surface area contributed by atoms with E-state index in [0.29, 0.717) is 5.92 Å². The Bertz CT molecular complexity index is 447. The number of benzene rings is 1. The molecule has 0 aromatic heterocycles. The smallest absolute Gasteiger partial charge is 0.251 e. The van der Waals surface area contributed by atoms with Gasteiger partial charge in [0.05, 0.1) is 0 Å². The van der Waals surface area contributed by atoms with Gasteiger partial charge in [-0.3, -0.25) is 4.79 Å². The van der Waals surface area contributed by atoms with Crippen molar-refractivity contribution in [3.05, 3.63) is 33.8 Å². The van der Waals surface area contributed by atoms with Crippen LogP contribution in [0.25, 0.3) is 0 Å². The molecule has 1 aromatic carbocycles. The van der Waals surface area contributed by atoms with Crippen LogP contribution in [-0.4, -0.2) is 37.5 Å². The molecule has 1 saturated heterocycles. The van der Waals surface area contributed by atoms with Crippen LogP contribution in [0, 0.1) is 12.8 Å². The van der Waals surface area contributed by atoms with E-state index in [-0.39, 0.29) is 5.91 Å². The van der Waals surface area contributed by atoms with E-state index < -0.39 is 0 Å². The third-order valence-electron chi connectivity index (χ3n) is 3.46. The van der Waals surface area contributed by atoms with E-state index in [2.05, 4.69) is 33.2 Å². The highest BCUT2D eigenvalue weighted by atomic mass is 79.9. The number of hydrogen-bond donors (Lipinski definition) is 1. The van der Waals surface area contributed by atoms with Gasteiger partial charge in [-0.15, -0.1) is 0 Å². The molecule has 0 radical (unpaired) electrons. The zero-order chi connectivity index (χ0) is 13.1. The molecule has 1 aliphatic rings. The number of hydrogen-bond acceptors (Lipinski definition) is 2. The van der Waals surface area contributed by atoms with Crippen molar-refractivity contribution in [2.45, 2.75) is 13.3 Å². The van der Waals surface area contributed by atoms with E-state index in [4.69, 9.17) is 0 Å². The minimum atomic E-state index is 0.0279. The minimum Gasteiger partial charge on any atom is -0.352 e. The molecule has 1 N–H and O–H groups in total. The van der Waals surface area contributed by atoms with Crippen molar-refractivity contribution in [3.63, 3.8) is 0 Å². The van der Waals surface area contributed by atoms with Crippen LogP contribution in [-0.2, 0) is 0 Å². The molecule has 98 valence electrons. The number of aryl methyl sites for hydroxylation is 1. The first-order valence-corrected chi connectivity index (χ1v) is 7.08. The SMILES string of the molecule is Cc1cc(C(=O)NCC2CCN(C)C2)ccc1Br. The Morgan fingerprint density at radius 1 is 1.56 bits per heavy atom. The normalized spacial score (nSPS) is 20.1. The Hall–Kier alpha value is -0.870. The third kappa shape index (κ3) is 3.33. The number of carbonyl (C=O) groups excluding carboxylic acids is 1. The molecule has 3 nitrogen and oxygen atoms in total. The first-order valence-electron chi connectivity index (χ1n) is 6.29. The first kappa shape index (κ1) is 13.6. The Morgan fingerprint density at radius 3 is 2.94 bits per heavy atom. The van der Waals surface area contributed by atoms with Crippen molar-refractivity contribution < 1.29 is 4.79 Å². The summed E-state index contributed by atoms with van der Waals surface area (Å²) in [5.74, 6) is 0.621. The van der Waals surface area contributed by atoms with Gasteiger partial charge in [0.25, 0.3) is 5.91 Å². The Morgan fingerprint density at radius 2 is 2.33 bits per heavy atom. The molecule has 2 rings (SSSR count). The molecule has 1 fully saturated rings. The molecular formula is C14H19BrN2O. The van der Waals surface area contributed by atoms with Gasteiger partial charge in [-0.25, -0.2) is 0 Å². The van der Waals surface area contributed by atoms with Gasteiger partial charge < -0.3 is 10.2 Å². The van der Waals surface area contributed by atoms with Crippen molar-refractivity contribution in [2.24, 2.45) is 5.92 Å². The van der Waals surface area contributed by atoms with Gasteiger partial charge in [0.2, 0.25) is 0 Å². The van der Waals surface area contributed by atoms with Crippen molar-refractivity contribution >= 4 is 21.8 Å². The monoisotopic (exact) mass is 310 g/mol. The second kappa shape index (κ2) is 5.85. The molecule has 1 amide bonds. The maximum atomic E-state index is 12.0. The van der Waals surface area contributed by atoms with Crippen molar-refractivity contribution in [1.82, 2.24) is 10.2 Å². The highest BCUT2D eigenvalue weighted by molar-refractivity contribution is 9.10. The van der Waals surface area contributed by atoms with Crippen LogP contribution in [0.1, 0.15) is 22.3 Å². The van der Waals surface area contributed by atoms with Crippen LogP contribution in [0.4, 0.5) is 0 Å². The van der Waals surface area contributed by atoms with Gasteiger partial charge in [-0.2, -0.15) is 0 Å². The fourth-order valence-corrected chi connectivity index (χ4v) is 2.56. The molecule has 18 heavy (non-hydrogen) atoms. The Labute approximate surface area is 117 Å². The van der Waals surface area contributed by atoms with E-state index in [0.717, 1.165) is 35.2 Å². The number of carbonyl (C=O) groups is 1. The highest BCUT2D eigenvalue weighted by Crippen LogP contribution is 2.17. The minimum absolute atomic E-state index is 0.0279. The summed E-state index contributed by atoms with van der Waals surface area (Å²) in [4.78, 5) is 14.3. The summed E-state index contributed by atoms with van der Waals surface area (Å²) >= 11 is 3.44.